The Morgan fingerprint density at radius 3 is 2.73 bits per heavy atom. The largest absolute Gasteiger partial charge is 0.346 e. The van der Waals surface area contributed by atoms with E-state index in [1.165, 1.54) is 12.1 Å². The van der Waals surface area contributed by atoms with Gasteiger partial charge in [0, 0.05) is 12.0 Å². The number of halogens is 1. The molecule has 2 nitrogen and oxygen atoms in total. The van der Waals surface area contributed by atoms with Gasteiger partial charge in [-0.1, -0.05) is 38.6 Å². The second-order valence-corrected chi connectivity index (χ2v) is 4.46. The van der Waals surface area contributed by atoms with E-state index in [9.17, 15) is 9.18 Å². The average Bonchev–Trinajstić information content (AvgIpc) is 2.15. The van der Waals surface area contributed by atoms with E-state index < -0.39 is 0 Å². The second kappa shape index (κ2) is 4.66. The van der Waals surface area contributed by atoms with Crippen LogP contribution in [0.5, 0.6) is 0 Å². The third-order valence-electron chi connectivity index (χ3n) is 2.29. The number of thiol groups is 1. The molecule has 0 saturated heterocycles. The molecule has 1 rings (SSSR count). The summed E-state index contributed by atoms with van der Waals surface area (Å²) in [6.07, 6.45) is 0. The average molecular weight is 227 g/mol. The quantitative estimate of drug-likeness (QED) is 0.764. The monoisotopic (exact) mass is 227 g/mol. The topological polar surface area (TPSA) is 29.1 Å². The van der Waals surface area contributed by atoms with E-state index in [1.54, 1.807) is 6.07 Å². The van der Waals surface area contributed by atoms with Crippen LogP contribution in [0.1, 0.15) is 19.4 Å². The Hall–Kier alpha value is -1.03. The van der Waals surface area contributed by atoms with Gasteiger partial charge in [0.1, 0.15) is 5.82 Å². The lowest BCUT2D eigenvalue weighted by molar-refractivity contribution is 0.259. The van der Waals surface area contributed by atoms with Crippen molar-refractivity contribution in [3.05, 3.63) is 35.6 Å². The molecule has 0 aliphatic rings. The van der Waals surface area contributed by atoms with E-state index in [0.717, 1.165) is 5.56 Å². The molecule has 1 amide bonds. The van der Waals surface area contributed by atoms with Crippen molar-refractivity contribution in [3.8, 4) is 0 Å². The zero-order valence-electron chi connectivity index (χ0n) is 8.75. The van der Waals surface area contributed by atoms with Crippen LogP contribution < -0.4 is 5.32 Å². The summed E-state index contributed by atoms with van der Waals surface area (Å²) in [6, 6.07) is 6.38. The molecule has 1 aromatic rings. The molecule has 0 radical (unpaired) electrons. The summed E-state index contributed by atoms with van der Waals surface area (Å²) >= 11 is 3.62. The van der Waals surface area contributed by atoms with Crippen LogP contribution in [-0.2, 0) is 5.41 Å². The van der Waals surface area contributed by atoms with Gasteiger partial charge in [-0.15, -0.1) is 0 Å². The van der Waals surface area contributed by atoms with Gasteiger partial charge in [-0.2, -0.15) is 0 Å². The second-order valence-electron chi connectivity index (χ2n) is 4.05. The Morgan fingerprint density at radius 2 is 2.20 bits per heavy atom. The van der Waals surface area contributed by atoms with Gasteiger partial charge in [0.15, 0.2) is 0 Å². The van der Waals surface area contributed by atoms with Gasteiger partial charge in [0.2, 0.25) is 0 Å². The van der Waals surface area contributed by atoms with Crippen LogP contribution in [0.15, 0.2) is 24.3 Å². The number of hydrogen-bond donors (Lipinski definition) is 2. The fraction of sp³-hybridized carbons (Fsp3) is 0.364. The van der Waals surface area contributed by atoms with Crippen molar-refractivity contribution in [2.75, 3.05) is 6.54 Å². The zero-order valence-corrected chi connectivity index (χ0v) is 9.64. The first-order chi connectivity index (χ1) is 6.92. The molecule has 0 aliphatic heterocycles. The lowest BCUT2D eigenvalue weighted by atomic mass is 9.84. The van der Waals surface area contributed by atoms with Crippen LogP contribution >= 0.6 is 12.6 Å². The number of carbonyl (C=O) groups excluding carboxylic acids is 1. The fourth-order valence-corrected chi connectivity index (χ4v) is 1.39. The van der Waals surface area contributed by atoms with Crippen LogP contribution in [0.4, 0.5) is 9.18 Å². The molecule has 0 saturated carbocycles. The first-order valence-electron chi connectivity index (χ1n) is 4.65. The number of rotatable bonds is 3. The summed E-state index contributed by atoms with van der Waals surface area (Å²) in [5.41, 5.74) is 0.546. The third-order valence-corrected chi connectivity index (χ3v) is 2.45. The van der Waals surface area contributed by atoms with Crippen molar-refractivity contribution in [2.45, 2.75) is 19.3 Å². The molecule has 15 heavy (non-hydrogen) atoms. The van der Waals surface area contributed by atoms with E-state index in [0.29, 0.717) is 6.54 Å². The first kappa shape index (κ1) is 12.0. The van der Waals surface area contributed by atoms with Crippen LogP contribution in [-0.4, -0.2) is 11.8 Å². The van der Waals surface area contributed by atoms with Crippen LogP contribution in [0.3, 0.4) is 0 Å². The highest BCUT2D eigenvalue weighted by Crippen LogP contribution is 2.22. The summed E-state index contributed by atoms with van der Waals surface area (Å²) in [5.74, 6) is -0.266. The highest BCUT2D eigenvalue weighted by molar-refractivity contribution is 7.96. The summed E-state index contributed by atoms with van der Waals surface area (Å²) in [5, 5.41) is 2.23. The molecule has 0 spiro atoms. The van der Waals surface area contributed by atoms with Crippen molar-refractivity contribution in [3.63, 3.8) is 0 Å². The van der Waals surface area contributed by atoms with Gasteiger partial charge < -0.3 is 5.32 Å². The number of hydrogen-bond acceptors (Lipinski definition) is 1. The van der Waals surface area contributed by atoms with E-state index in [-0.39, 0.29) is 16.5 Å². The third kappa shape index (κ3) is 3.55. The van der Waals surface area contributed by atoms with E-state index >= 15 is 0 Å². The molecule has 0 unspecified atom stereocenters. The maximum atomic E-state index is 13.0. The minimum atomic E-state index is -0.375. The predicted molar refractivity (Wildman–Crippen MR) is 61.8 cm³/mol. The molecule has 1 aromatic carbocycles. The maximum absolute atomic E-state index is 13.0. The van der Waals surface area contributed by atoms with Gasteiger partial charge in [-0.25, -0.2) is 4.39 Å². The number of amides is 1. The Morgan fingerprint density at radius 1 is 1.53 bits per heavy atom. The lowest BCUT2D eigenvalue weighted by Gasteiger charge is -2.25. The van der Waals surface area contributed by atoms with Crippen molar-refractivity contribution >= 4 is 17.9 Å². The normalized spacial score (nSPS) is 11.2. The summed E-state index contributed by atoms with van der Waals surface area (Å²) in [7, 11) is 0. The Kier molecular flexibility index (Phi) is 3.74. The lowest BCUT2D eigenvalue weighted by Crippen LogP contribution is -2.34. The van der Waals surface area contributed by atoms with Crippen LogP contribution in [0, 0.1) is 5.82 Å². The van der Waals surface area contributed by atoms with Crippen LogP contribution in [0.25, 0.3) is 0 Å². The molecule has 0 atom stereocenters. The highest BCUT2D eigenvalue weighted by Gasteiger charge is 2.21. The molecule has 0 bridgehead atoms. The van der Waals surface area contributed by atoms with Crippen LogP contribution in [0.2, 0.25) is 0 Å². The molecular weight excluding hydrogens is 213 g/mol. The number of benzene rings is 1. The van der Waals surface area contributed by atoms with Gasteiger partial charge in [-0.05, 0) is 17.7 Å². The van der Waals surface area contributed by atoms with Gasteiger partial charge >= 0.3 is 0 Å². The van der Waals surface area contributed by atoms with Crippen molar-refractivity contribution in [2.24, 2.45) is 0 Å². The standard InChI is InChI=1S/C11H14FNOS/c1-11(2,7-13-10(14)15)8-4-3-5-9(12)6-8/h3-6H,7H2,1-2H3,(H2,13,14,15). The molecular formula is C11H14FNOS. The van der Waals surface area contributed by atoms with Gasteiger partial charge in [0.25, 0.3) is 5.24 Å². The summed E-state index contributed by atoms with van der Waals surface area (Å²) < 4.78 is 13.0. The Labute approximate surface area is 94.3 Å². The molecule has 4 heteroatoms. The molecule has 0 aromatic heterocycles. The van der Waals surface area contributed by atoms with E-state index in [1.807, 2.05) is 19.9 Å². The molecule has 0 fully saturated rings. The summed E-state index contributed by atoms with van der Waals surface area (Å²) in [6.45, 7) is 4.30. The predicted octanol–water partition coefficient (Wildman–Crippen LogP) is 2.74. The zero-order chi connectivity index (χ0) is 11.5. The van der Waals surface area contributed by atoms with Gasteiger partial charge in [0.05, 0.1) is 0 Å². The van der Waals surface area contributed by atoms with E-state index in [4.69, 9.17) is 0 Å². The Balaban J connectivity index is 2.80. The smallest absolute Gasteiger partial charge is 0.276 e. The fourth-order valence-electron chi connectivity index (χ4n) is 1.31. The number of carbonyl (C=O) groups is 1. The Bertz CT molecular complexity index is 365. The molecule has 0 aliphatic carbocycles. The maximum Gasteiger partial charge on any atom is 0.276 e. The number of nitrogens with one attached hydrogen (secondary N) is 1. The molecule has 0 heterocycles. The van der Waals surface area contributed by atoms with Gasteiger partial charge in [-0.3, -0.25) is 4.79 Å². The highest BCUT2D eigenvalue weighted by atomic mass is 32.1. The van der Waals surface area contributed by atoms with E-state index in [2.05, 4.69) is 17.9 Å². The molecule has 82 valence electrons. The minimum absolute atomic E-state index is 0.266. The van der Waals surface area contributed by atoms with Crippen molar-refractivity contribution in [1.82, 2.24) is 5.32 Å². The minimum Gasteiger partial charge on any atom is -0.346 e. The van der Waals surface area contributed by atoms with Crippen molar-refractivity contribution < 1.29 is 9.18 Å². The first-order valence-corrected chi connectivity index (χ1v) is 5.09. The summed E-state index contributed by atoms with van der Waals surface area (Å²) in [4.78, 5) is 10.7. The molecule has 1 N–H and O–H groups in total. The SMILES string of the molecule is CC(C)(CNC(=O)S)c1cccc(F)c1. The van der Waals surface area contributed by atoms with Crippen molar-refractivity contribution in [1.29, 1.82) is 0 Å².